The van der Waals surface area contributed by atoms with Crippen molar-refractivity contribution in [1.29, 1.82) is 0 Å². The van der Waals surface area contributed by atoms with E-state index in [1.54, 1.807) is 29.2 Å². The number of hydrogen-bond donors (Lipinski definition) is 1. The molecule has 2 aromatic rings. The molecule has 0 spiro atoms. The van der Waals surface area contributed by atoms with Crippen LogP contribution in [0.2, 0.25) is 0 Å². The van der Waals surface area contributed by atoms with E-state index in [-0.39, 0.29) is 17.9 Å². The maximum absolute atomic E-state index is 12.9. The van der Waals surface area contributed by atoms with E-state index in [0.29, 0.717) is 17.7 Å². The zero-order valence-corrected chi connectivity index (χ0v) is 16.2. The Balaban J connectivity index is 1.69. The topological polar surface area (TPSA) is 49.4 Å². The van der Waals surface area contributed by atoms with Crippen molar-refractivity contribution in [1.82, 2.24) is 5.32 Å². The lowest BCUT2D eigenvalue weighted by Crippen LogP contribution is -2.36. The maximum Gasteiger partial charge on any atom is 0.258 e. The summed E-state index contributed by atoms with van der Waals surface area (Å²) >= 11 is 0. The average Bonchev–Trinajstić information content (AvgIpc) is 2.69. The van der Waals surface area contributed by atoms with E-state index in [1.807, 2.05) is 38.1 Å². The lowest BCUT2D eigenvalue weighted by atomic mass is 9.95. The molecule has 0 radical (unpaired) electrons. The number of anilines is 1. The van der Waals surface area contributed by atoms with Crippen LogP contribution in [0, 0.1) is 6.92 Å². The highest BCUT2D eigenvalue weighted by molar-refractivity contribution is 6.06. The van der Waals surface area contributed by atoms with Crippen LogP contribution in [0.25, 0.3) is 0 Å². The number of benzene rings is 2. The SMILES string of the molecule is CCN(C(=O)c1ccc(C(=O)NC2CCCCC2)cc1)c1cccc(C)c1. The fraction of sp³-hybridized carbons (Fsp3) is 0.391. The molecular formula is C23H28N2O2. The fourth-order valence-corrected chi connectivity index (χ4v) is 3.67. The Morgan fingerprint density at radius 3 is 2.30 bits per heavy atom. The van der Waals surface area contributed by atoms with Crippen LogP contribution in [0.3, 0.4) is 0 Å². The van der Waals surface area contributed by atoms with Crippen molar-refractivity contribution in [3.63, 3.8) is 0 Å². The van der Waals surface area contributed by atoms with Gasteiger partial charge in [0.2, 0.25) is 0 Å². The summed E-state index contributed by atoms with van der Waals surface area (Å²) in [6.07, 6.45) is 5.75. The molecule has 1 N–H and O–H groups in total. The average molecular weight is 364 g/mol. The van der Waals surface area contributed by atoms with E-state index < -0.39 is 0 Å². The minimum Gasteiger partial charge on any atom is -0.349 e. The smallest absolute Gasteiger partial charge is 0.258 e. The van der Waals surface area contributed by atoms with Crippen LogP contribution in [0.4, 0.5) is 5.69 Å². The largest absolute Gasteiger partial charge is 0.349 e. The van der Waals surface area contributed by atoms with Gasteiger partial charge in [0.05, 0.1) is 0 Å². The highest BCUT2D eigenvalue weighted by Gasteiger charge is 2.19. The highest BCUT2D eigenvalue weighted by atomic mass is 16.2. The second-order valence-electron chi connectivity index (χ2n) is 7.27. The first-order valence-corrected chi connectivity index (χ1v) is 9.88. The van der Waals surface area contributed by atoms with Gasteiger partial charge in [0.1, 0.15) is 0 Å². The van der Waals surface area contributed by atoms with Crippen LogP contribution in [-0.4, -0.2) is 24.4 Å². The molecule has 2 aromatic carbocycles. The van der Waals surface area contributed by atoms with Crippen molar-refractivity contribution in [3.8, 4) is 0 Å². The summed E-state index contributed by atoms with van der Waals surface area (Å²) in [6, 6.07) is 15.2. The predicted molar refractivity (Wildman–Crippen MR) is 109 cm³/mol. The van der Waals surface area contributed by atoms with Gasteiger partial charge in [-0.1, -0.05) is 31.4 Å². The third-order valence-corrected chi connectivity index (χ3v) is 5.21. The Labute approximate surface area is 161 Å². The second-order valence-corrected chi connectivity index (χ2v) is 7.27. The molecule has 4 nitrogen and oxygen atoms in total. The zero-order valence-electron chi connectivity index (χ0n) is 16.2. The predicted octanol–water partition coefficient (Wildman–Crippen LogP) is 4.72. The number of aryl methyl sites for hydroxylation is 1. The number of amides is 2. The van der Waals surface area contributed by atoms with Gasteiger partial charge in [0.15, 0.2) is 0 Å². The van der Waals surface area contributed by atoms with Crippen molar-refractivity contribution in [3.05, 3.63) is 65.2 Å². The van der Waals surface area contributed by atoms with Crippen molar-refractivity contribution in [2.24, 2.45) is 0 Å². The quantitative estimate of drug-likeness (QED) is 0.834. The Bertz CT molecular complexity index is 792. The van der Waals surface area contributed by atoms with Gasteiger partial charge in [-0.05, 0) is 68.7 Å². The fourth-order valence-electron chi connectivity index (χ4n) is 3.67. The molecule has 1 aliphatic rings. The molecule has 2 amide bonds. The maximum atomic E-state index is 12.9. The summed E-state index contributed by atoms with van der Waals surface area (Å²) in [6.45, 7) is 4.57. The van der Waals surface area contributed by atoms with Crippen molar-refractivity contribution in [2.45, 2.75) is 52.0 Å². The van der Waals surface area contributed by atoms with Crippen LogP contribution in [-0.2, 0) is 0 Å². The molecular weight excluding hydrogens is 336 g/mol. The number of nitrogens with one attached hydrogen (secondary N) is 1. The number of rotatable bonds is 5. The Kier molecular flexibility index (Phi) is 6.28. The number of carbonyl (C=O) groups excluding carboxylic acids is 2. The van der Waals surface area contributed by atoms with Crippen molar-refractivity contribution >= 4 is 17.5 Å². The van der Waals surface area contributed by atoms with Gasteiger partial charge in [-0.25, -0.2) is 0 Å². The third kappa shape index (κ3) is 4.76. The molecule has 0 aromatic heterocycles. The Morgan fingerprint density at radius 2 is 1.67 bits per heavy atom. The number of nitrogens with zero attached hydrogens (tertiary/aromatic N) is 1. The number of hydrogen-bond acceptors (Lipinski definition) is 2. The number of carbonyl (C=O) groups is 2. The molecule has 0 heterocycles. The summed E-state index contributed by atoms with van der Waals surface area (Å²) < 4.78 is 0. The molecule has 4 heteroatoms. The lowest BCUT2D eigenvalue weighted by Gasteiger charge is -2.23. The summed E-state index contributed by atoms with van der Waals surface area (Å²) in [5.74, 6) is -0.103. The van der Waals surface area contributed by atoms with E-state index in [1.165, 1.54) is 19.3 Å². The first-order valence-electron chi connectivity index (χ1n) is 9.88. The zero-order chi connectivity index (χ0) is 19.2. The summed E-state index contributed by atoms with van der Waals surface area (Å²) in [5, 5.41) is 3.12. The van der Waals surface area contributed by atoms with Gasteiger partial charge >= 0.3 is 0 Å². The van der Waals surface area contributed by atoms with Crippen molar-refractivity contribution in [2.75, 3.05) is 11.4 Å². The molecule has 1 saturated carbocycles. The normalized spacial score (nSPS) is 14.6. The lowest BCUT2D eigenvalue weighted by molar-refractivity contribution is 0.0925. The standard InChI is InChI=1S/C23H28N2O2/c1-3-25(21-11-7-8-17(2)16-21)23(27)19-14-12-18(13-15-19)22(26)24-20-9-5-4-6-10-20/h7-8,11-16,20H,3-6,9-10H2,1-2H3,(H,24,26). The Hall–Kier alpha value is -2.62. The minimum absolute atomic E-state index is 0.0491. The van der Waals surface area contributed by atoms with Gasteiger partial charge in [-0.15, -0.1) is 0 Å². The molecule has 0 saturated heterocycles. The van der Waals surface area contributed by atoms with Crippen LogP contribution in [0.5, 0.6) is 0 Å². The van der Waals surface area contributed by atoms with E-state index >= 15 is 0 Å². The van der Waals surface area contributed by atoms with E-state index in [2.05, 4.69) is 5.32 Å². The minimum atomic E-state index is -0.0534. The van der Waals surface area contributed by atoms with Gasteiger partial charge in [-0.2, -0.15) is 0 Å². The van der Waals surface area contributed by atoms with Crippen molar-refractivity contribution < 1.29 is 9.59 Å². The molecule has 0 aliphatic heterocycles. The summed E-state index contributed by atoms with van der Waals surface area (Å²) in [5.41, 5.74) is 3.21. The van der Waals surface area contributed by atoms with Crippen LogP contribution in [0.15, 0.2) is 48.5 Å². The van der Waals surface area contributed by atoms with Gasteiger partial charge in [-0.3, -0.25) is 9.59 Å². The van der Waals surface area contributed by atoms with Gasteiger partial charge in [0.25, 0.3) is 11.8 Å². The molecule has 27 heavy (non-hydrogen) atoms. The first kappa shape index (κ1) is 19.2. The van der Waals surface area contributed by atoms with Crippen LogP contribution in [0.1, 0.15) is 65.3 Å². The molecule has 3 rings (SSSR count). The molecule has 1 fully saturated rings. The molecule has 1 aliphatic carbocycles. The van der Waals surface area contributed by atoms with E-state index in [0.717, 1.165) is 24.1 Å². The monoisotopic (exact) mass is 364 g/mol. The molecule has 0 unspecified atom stereocenters. The van der Waals surface area contributed by atoms with E-state index in [4.69, 9.17) is 0 Å². The van der Waals surface area contributed by atoms with Gasteiger partial charge < -0.3 is 10.2 Å². The second kappa shape index (κ2) is 8.85. The van der Waals surface area contributed by atoms with Crippen LogP contribution < -0.4 is 10.2 Å². The van der Waals surface area contributed by atoms with Crippen LogP contribution >= 0.6 is 0 Å². The first-order chi connectivity index (χ1) is 13.1. The summed E-state index contributed by atoms with van der Waals surface area (Å²) in [4.78, 5) is 27.1. The Morgan fingerprint density at radius 1 is 1.00 bits per heavy atom. The van der Waals surface area contributed by atoms with Gasteiger partial charge in [0, 0.05) is 29.4 Å². The summed E-state index contributed by atoms with van der Waals surface area (Å²) in [7, 11) is 0. The molecule has 0 bridgehead atoms. The highest BCUT2D eigenvalue weighted by Crippen LogP contribution is 2.20. The molecule has 0 atom stereocenters. The van der Waals surface area contributed by atoms with E-state index in [9.17, 15) is 9.59 Å². The molecule has 142 valence electrons. The third-order valence-electron chi connectivity index (χ3n) is 5.21.